The first-order chi connectivity index (χ1) is 23.2. The number of nitriles is 1. The lowest BCUT2D eigenvalue weighted by atomic mass is 9.63. The van der Waals surface area contributed by atoms with Crippen molar-refractivity contribution in [3.05, 3.63) is 52.3 Å². The Hall–Kier alpha value is -3.25. The molecule has 20 heteroatoms. The lowest BCUT2D eigenvalue weighted by molar-refractivity contribution is -0.389. The van der Waals surface area contributed by atoms with Crippen LogP contribution in [0.1, 0.15) is 34.5 Å². The molecular weight excluding hydrogens is 674 g/mol. The number of thiophene rings is 1. The number of piperidine rings is 1. The number of nitrogens with one attached hydrogen (secondary N) is 2. The van der Waals surface area contributed by atoms with Gasteiger partial charge >= 0.3 is 6.18 Å². The molecule has 2 saturated heterocycles. The summed E-state index contributed by atoms with van der Waals surface area (Å²) in [7, 11) is 17.1. The average Bonchev–Trinajstić information content (AvgIpc) is 3.58. The van der Waals surface area contributed by atoms with Crippen molar-refractivity contribution in [1.29, 1.82) is 5.26 Å². The predicted octanol–water partition coefficient (Wildman–Crippen LogP) is -0.00520. The summed E-state index contributed by atoms with van der Waals surface area (Å²) >= 11 is 1.01. The zero-order valence-electron chi connectivity index (χ0n) is 26.8. The molecule has 1 aromatic carbocycles. The van der Waals surface area contributed by atoms with Gasteiger partial charge in [-0.05, 0) is 49.1 Å². The fourth-order valence-electron chi connectivity index (χ4n) is 6.65. The summed E-state index contributed by atoms with van der Waals surface area (Å²) in [5.74, 6) is -2.88. The molecule has 2 aliphatic rings. The van der Waals surface area contributed by atoms with Crippen molar-refractivity contribution >= 4 is 61.8 Å². The van der Waals surface area contributed by atoms with Gasteiger partial charge in [0.1, 0.15) is 69.2 Å². The van der Waals surface area contributed by atoms with Crippen LogP contribution in [0.15, 0.2) is 30.6 Å². The van der Waals surface area contributed by atoms with Crippen molar-refractivity contribution in [2.24, 2.45) is 0 Å². The van der Waals surface area contributed by atoms with E-state index in [4.69, 9.17) is 23.5 Å². The van der Waals surface area contributed by atoms with Crippen molar-refractivity contribution in [2.75, 3.05) is 25.0 Å². The van der Waals surface area contributed by atoms with E-state index in [2.05, 4.69) is 26.3 Å². The van der Waals surface area contributed by atoms with Gasteiger partial charge in [-0.3, -0.25) is 9.80 Å². The number of halogens is 3. The molecule has 3 aromatic heterocycles. The number of piperazine rings is 1. The Bertz CT molecular complexity index is 1930. The van der Waals surface area contributed by atoms with Crippen LogP contribution in [-0.4, -0.2) is 128 Å². The van der Waals surface area contributed by atoms with Crippen LogP contribution < -0.4 is 10.6 Å². The van der Waals surface area contributed by atoms with E-state index in [-0.39, 0.29) is 23.2 Å². The zero-order valence-corrected chi connectivity index (χ0v) is 27.6. The molecular formula is C30H32B3F3N8O5S. The first kappa shape index (κ1) is 36.5. The Labute approximate surface area is 292 Å². The van der Waals surface area contributed by atoms with E-state index in [0.29, 0.717) is 33.0 Å². The number of aryl methyl sites for hydroxylation is 1. The van der Waals surface area contributed by atoms with Gasteiger partial charge < -0.3 is 35.4 Å². The molecule has 0 spiro atoms. The number of fused-ring (bicyclic) bond motifs is 2. The van der Waals surface area contributed by atoms with Crippen LogP contribution in [0.4, 0.5) is 19.0 Å². The van der Waals surface area contributed by atoms with Crippen molar-refractivity contribution in [1.82, 2.24) is 29.7 Å². The average molecular weight is 706 g/mol. The van der Waals surface area contributed by atoms with Crippen LogP contribution in [-0.2, 0) is 19.5 Å². The SMILES string of the molecule is [B]C1(O)NC(O)(O)C([B])(O)N(CCn2c(C#N)cc3c(C)c(CN4CCC(Nc5ncnc6sc(CC(F)(F)F)cc56)CC4)ccc32)C1([B])O. The maximum atomic E-state index is 12.9. The van der Waals surface area contributed by atoms with E-state index < -0.39 is 41.9 Å². The molecule has 3 unspecified atom stereocenters. The molecule has 4 aromatic rings. The van der Waals surface area contributed by atoms with E-state index in [1.807, 2.05) is 19.1 Å². The summed E-state index contributed by atoms with van der Waals surface area (Å²) in [5.41, 5.74) is -6.35. The van der Waals surface area contributed by atoms with Crippen molar-refractivity contribution in [3.63, 3.8) is 0 Å². The summed E-state index contributed by atoms with van der Waals surface area (Å²) in [5, 5.41) is 68.7. The number of hydrogen-bond acceptors (Lipinski definition) is 13. The number of rotatable bonds is 8. The van der Waals surface area contributed by atoms with Gasteiger partial charge in [0.05, 0.1) is 11.8 Å². The highest BCUT2D eigenvalue weighted by atomic mass is 32.1. The summed E-state index contributed by atoms with van der Waals surface area (Å²) < 4.78 is 40.4. The van der Waals surface area contributed by atoms with Gasteiger partial charge in [0.15, 0.2) is 0 Å². The third-order valence-electron chi connectivity index (χ3n) is 9.47. The number of aliphatic hydroxyl groups is 5. The first-order valence-electron chi connectivity index (χ1n) is 15.6. The van der Waals surface area contributed by atoms with E-state index in [1.54, 1.807) is 16.0 Å². The molecule has 0 amide bonds. The Morgan fingerprint density at radius 1 is 1.04 bits per heavy atom. The standard InChI is InChI=1S/C30H32B3F3N8O5S/c1-16-17(14-42-6-4-18(5-7-42)40-24-22-11-20(12-26(34,35)36)50-25(22)39-15-38-24)2-3-23-21(16)10-19(13-37)43(23)8-9-44-28(32,46)27(31,45)41-30(48,49)29(44,33)47/h2-3,10-11,15,18,41,45-49H,4-9,12,14H2,1H3,(H,38,39,40). The van der Waals surface area contributed by atoms with Crippen LogP contribution in [0.3, 0.4) is 0 Å². The lowest BCUT2D eigenvalue weighted by Gasteiger charge is -2.62. The highest BCUT2D eigenvalue weighted by Gasteiger charge is 2.64. The Morgan fingerprint density at radius 3 is 2.40 bits per heavy atom. The maximum absolute atomic E-state index is 12.9. The van der Waals surface area contributed by atoms with E-state index in [0.717, 1.165) is 53.8 Å². The number of nitrogens with zero attached hydrogens (tertiary/aromatic N) is 6. The van der Waals surface area contributed by atoms with Gasteiger partial charge in [-0.25, -0.2) is 15.3 Å². The molecule has 5 heterocycles. The molecule has 6 rings (SSSR count). The maximum Gasteiger partial charge on any atom is 0.393 e. The van der Waals surface area contributed by atoms with E-state index >= 15 is 0 Å². The molecule has 6 radical (unpaired) electrons. The third-order valence-corrected chi connectivity index (χ3v) is 10.5. The Balaban J connectivity index is 1.13. The number of anilines is 1. The van der Waals surface area contributed by atoms with Crippen molar-refractivity contribution < 1.29 is 38.7 Å². The molecule has 50 heavy (non-hydrogen) atoms. The molecule has 0 bridgehead atoms. The molecule has 2 aliphatic heterocycles. The van der Waals surface area contributed by atoms with E-state index in [1.165, 1.54) is 12.4 Å². The second-order valence-corrected chi connectivity index (χ2v) is 14.0. The lowest BCUT2D eigenvalue weighted by Crippen LogP contribution is -2.90. The first-order valence-corrected chi connectivity index (χ1v) is 16.4. The largest absolute Gasteiger partial charge is 0.393 e. The van der Waals surface area contributed by atoms with Gasteiger partial charge in [0.25, 0.3) is 5.91 Å². The summed E-state index contributed by atoms with van der Waals surface area (Å²) in [6, 6.07) is 9.14. The van der Waals surface area contributed by atoms with Crippen LogP contribution >= 0.6 is 11.3 Å². The fraction of sp³-hybridized carbons (Fsp3) is 0.500. The van der Waals surface area contributed by atoms with Crippen molar-refractivity contribution in [2.45, 2.75) is 74.3 Å². The second kappa shape index (κ2) is 12.8. The zero-order chi connectivity index (χ0) is 36.4. The van der Waals surface area contributed by atoms with Gasteiger partial charge in [-0.15, -0.1) is 11.3 Å². The summed E-state index contributed by atoms with van der Waals surface area (Å²) in [6.45, 7) is 3.40. The van der Waals surface area contributed by atoms with Crippen LogP contribution in [0.2, 0.25) is 0 Å². The fourth-order valence-corrected chi connectivity index (χ4v) is 7.67. The highest BCUT2D eigenvalue weighted by molar-refractivity contribution is 7.18. The van der Waals surface area contributed by atoms with Gasteiger partial charge in [-0.2, -0.15) is 18.4 Å². The smallest absolute Gasteiger partial charge is 0.381 e. The molecule has 258 valence electrons. The van der Waals surface area contributed by atoms with Gasteiger partial charge in [0.2, 0.25) is 0 Å². The monoisotopic (exact) mass is 706 g/mol. The summed E-state index contributed by atoms with van der Waals surface area (Å²) in [6.07, 6.45) is -2.42. The van der Waals surface area contributed by atoms with Crippen LogP contribution in [0.25, 0.3) is 21.1 Å². The molecule has 13 nitrogen and oxygen atoms in total. The minimum atomic E-state index is -4.31. The molecule has 2 fully saturated rings. The van der Waals surface area contributed by atoms with Crippen LogP contribution in [0.5, 0.6) is 0 Å². The number of likely N-dealkylation sites (tertiary alicyclic amines) is 1. The van der Waals surface area contributed by atoms with Crippen LogP contribution in [0, 0.1) is 18.3 Å². The number of benzene rings is 1. The second-order valence-electron chi connectivity index (χ2n) is 12.9. The third kappa shape index (κ3) is 6.62. The van der Waals surface area contributed by atoms with E-state index in [9.17, 15) is 44.0 Å². The Morgan fingerprint density at radius 2 is 1.74 bits per heavy atom. The Kier molecular flexibility index (Phi) is 9.32. The molecule has 7 N–H and O–H groups in total. The van der Waals surface area contributed by atoms with Gasteiger partial charge in [0, 0.05) is 54.5 Å². The minimum absolute atomic E-state index is 0.0660. The minimum Gasteiger partial charge on any atom is -0.381 e. The normalized spacial score (nSPS) is 26.8. The summed E-state index contributed by atoms with van der Waals surface area (Å²) in [4.78, 5) is 11.8. The number of aromatic nitrogens is 3. The molecule has 0 aliphatic carbocycles. The number of hydrogen-bond donors (Lipinski definition) is 7. The quantitative estimate of drug-likeness (QED) is 0.0963. The highest BCUT2D eigenvalue weighted by Crippen LogP contribution is 2.37. The topological polar surface area (TPSA) is 186 Å². The van der Waals surface area contributed by atoms with Gasteiger partial charge in [-0.1, -0.05) is 6.07 Å². The molecule has 0 saturated carbocycles. The van der Waals surface area contributed by atoms with Crippen molar-refractivity contribution in [3.8, 4) is 6.07 Å². The molecule has 3 atom stereocenters. The number of alkyl halides is 3. The predicted molar refractivity (Wildman–Crippen MR) is 180 cm³/mol.